The van der Waals surface area contributed by atoms with Crippen molar-refractivity contribution < 1.29 is 4.79 Å². The number of nitrogens with zero attached hydrogens (tertiary/aromatic N) is 2. The number of carbonyl (C=O) groups excluding carboxylic acids is 1. The molecule has 0 unspecified atom stereocenters. The maximum Gasteiger partial charge on any atom is 0.144 e. The van der Waals surface area contributed by atoms with Gasteiger partial charge in [0.2, 0.25) is 0 Å². The molecule has 0 amide bonds. The van der Waals surface area contributed by atoms with Crippen LogP contribution in [-0.2, 0) is 24.7 Å². The lowest BCUT2D eigenvalue weighted by molar-refractivity contribution is -0.125. The van der Waals surface area contributed by atoms with Crippen molar-refractivity contribution in [3.8, 4) is 0 Å². The average molecular weight is 208 g/mol. The molecule has 3 nitrogen and oxygen atoms in total. The molecular formula is C12H20N2O. The van der Waals surface area contributed by atoms with Crippen molar-refractivity contribution in [3.05, 3.63) is 17.5 Å². The van der Waals surface area contributed by atoms with Crippen LogP contribution in [-0.4, -0.2) is 15.6 Å². The standard InChI is InChI=1S/C12H20N2O/c1-6-9-7-10(14(5)13-9)8-11(15)12(2,3)4/h7H,6,8H2,1-5H3. The molecule has 0 radical (unpaired) electrons. The summed E-state index contributed by atoms with van der Waals surface area (Å²) in [6.07, 6.45) is 1.39. The van der Waals surface area contributed by atoms with E-state index in [1.165, 1.54) is 0 Å². The maximum atomic E-state index is 11.8. The molecule has 0 N–H and O–H groups in total. The van der Waals surface area contributed by atoms with Crippen LogP contribution < -0.4 is 0 Å². The highest BCUT2D eigenvalue weighted by Crippen LogP contribution is 2.18. The van der Waals surface area contributed by atoms with Crippen LogP contribution in [0, 0.1) is 5.41 Å². The highest BCUT2D eigenvalue weighted by atomic mass is 16.1. The van der Waals surface area contributed by atoms with E-state index in [4.69, 9.17) is 0 Å². The number of hydrogen-bond acceptors (Lipinski definition) is 2. The van der Waals surface area contributed by atoms with E-state index in [2.05, 4.69) is 12.0 Å². The minimum Gasteiger partial charge on any atom is -0.299 e. The van der Waals surface area contributed by atoms with Crippen molar-refractivity contribution in [3.63, 3.8) is 0 Å². The topological polar surface area (TPSA) is 34.9 Å². The Bertz CT molecular complexity index is 358. The van der Waals surface area contributed by atoms with E-state index in [1.807, 2.05) is 38.6 Å². The van der Waals surface area contributed by atoms with Crippen LogP contribution in [0.4, 0.5) is 0 Å². The number of aromatic nitrogens is 2. The molecule has 1 aromatic heterocycles. The number of Topliss-reactive ketones (excluding diaryl/α,β-unsaturated/α-hetero) is 1. The van der Waals surface area contributed by atoms with Crippen LogP contribution in [0.5, 0.6) is 0 Å². The average Bonchev–Trinajstić information content (AvgIpc) is 2.45. The van der Waals surface area contributed by atoms with Gasteiger partial charge < -0.3 is 0 Å². The molecule has 0 fully saturated rings. The van der Waals surface area contributed by atoms with E-state index in [9.17, 15) is 4.79 Å². The Labute approximate surface area is 91.5 Å². The highest BCUT2D eigenvalue weighted by Gasteiger charge is 2.22. The van der Waals surface area contributed by atoms with Crippen molar-refractivity contribution in [1.29, 1.82) is 0 Å². The number of hydrogen-bond donors (Lipinski definition) is 0. The van der Waals surface area contributed by atoms with Gasteiger partial charge in [-0.2, -0.15) is 5.10 Å². The zero-order chi connectivity index (χ0) is 11.6. The minimum atomic E-state index is -0.267. The summed E-state index contributed by atoms with van der Waals surface area (Å²) < 4.78 is 1.81. The molecule has 0 bridgehead atoms. The number of rotatable bonds is 3. The van der Waals surface area contributed by atoms with Gasteiger partial charge in [0, 0.05) is 24.6 Å². The quantitative estimate of drug-likeness (QED) is 0.762. The van der Waals surface area contributed by atoms with Gasteiger partial charge in [0.25, 0.3) is 0 Å². The monoisotopic (exact) mass is 208 g/mol. The highest BCUT2D eigenvalue weighted by molar-refractivity contribution is 5.85. The van der Waals surface area contributed by atoms with E-state index < -0.39 is 0 Å². The van der Waals surface area contributed by atoms with Crippen LogP contribution in [0.3, 0.4) is 0 Å². The van der Waals surface area contributed by atoms with Gasteiger partial charge in [-0.25, -0.2) is 0 Å². The SMILES string of the molecule is CCc1cc(CC(=O)C(C)(C)C)n(C)n1. The Kier molecular flexibility index (Phi) is 3.32. The Balaban J connectivity index is 2.81. The van der Waals surface area contributed by atoms with Gasteiger partial charge in [0.05, 0.1) is 5.69 Å². The molecule has 3 heteroatoms. The van der Waals surface area contributed by atoms with Gasteiger partial charge in [-0.05, 0) is 12.5 Å². The van der Waals surface area contributed by atoms with Crippen LogP contribution in [0.2, 0.25) is 0 Å². The first-order valence-corrected chi connectivity index (χ1v) is 5.39. The van der Waals surface area contributed by atoms with Crippen LogP contribution >= 0.6 is 0 Å². The zero-order valence-corrected chi connectivity index (χ0v) is 10.3. The van der Waals surface area contributed by atoms with Gasteiger partial charge >= 0.3 is 0 Å². The van der Waals surface area contributed by atoms with Gasteiger partial charge in [0.15, 0.2) is 0 Å². The third-order valence-corrected chi connectivity index (χ3v) is 2.57. The van der Waals surface area contributed by atoms with E-state index >= 15 is 0 Å². The number of ketones is 1. The molecule has 0 saturated carbocycles. The molecule has 0 atom stereocenters. The number of carbonyl (C=O) groups is 1. The summed E-state index contributed by atoms with van der Waals surface area (Å²) in [4.78, 5) is 11.8. The summed E-state index contributed by atoms with van der Waals surface area (Å²) in [6.45, 7) is 7.92. The second-order valence-electron chi connectivity index (χ2n) is 4.95. The second-order valence-corrected chi connectivity index (χ2v) is 4.95. The fourth-order valence-electron chi connectivity index (χ4n) is 1.34. The summed E-state index contributed by atoms with van der Waals surface area (Å²) >= 11 is 0. The number of aryl methyl sites for hydroxylation is 2. The molecule has 84 valence electrons. The first kappa shape index (κ1) is 12.0. The molecule has 15 heavy (non-hydrogen) atoms. The molecule has 1 heterocycles. The lowest BCUT2D eigenvalue weighted by Gasteiger charge is -2.16. The normalized spacial score (nSPS) is 11.8. The Morgan fingerprint density at radius 2 is 2.07 bits per heavy atom. The van der Waals surface area contributed by atoms with Crippen molar-refractivity contribution >= 4 is 5.78 Å². The van der Waals surface area contributed by atoms with Crippen molar-refractivity contribution in [2.75, 3.05) is 0 Å². The Morgan fingerprint density at radius 3 is 2.47 bits per heavy atom. The molecule has 1 aromatic rings. The Hall–Kier alpha value is -1.12. The molecule has 0 spiro atoms. The van der Waals surface area contributed by atoms with E-state index in [0.717, 1.165) is 17.8 Å². The fraction of sp³-hybridized carbons (Fsp3) is 0.667. The van der Waals surface area contributed by atoms with Crippen molar-refractivity contribution in [1.82, 2.24) is 9.78 Å². The lowest BCUT2D eigenvalue weighted by Crippen LogP contribution is -2.23. The van der Waals surface area contributed by atoms with E-state index in [-0.39, 0.29) is 11.2 Å². The van der Waals surface area contributed by atoms with Crippen LogP contribution in [0.1, 0.15) is 39.1 Å². The molecule has 0 saturated heterocycles. The minimum absolute atomic E-state index is 0.258. The first-order valence-electron chi connectivity index (χ1n) is 5.39. The fourth-order valence-corrected chi connectivity index (χ4v) is 1.34. The van der Waals surface area contributed by atoms with Gasteiger partial charge in [-0.1, -0.05) is 27.7 Å². The predicted molar refractivity (Wildman–Crippen MR) is 60.8 cm³/mol. The smallest absolute Gasteiger partial charge is 0.144 e. The van der Waals surface area contributed by atoms with Crippen molar-refractivity contribution in [2.45, 2.75) is 40.5 Å². The molecule has 0 aliphatic heterocycles. The molecular weight excluding hydrogens is 188 g/mol. The summed E-state index contributed by atoms with van der Waals surface area (Å²) in [6, 6.07) is 2.02. The van der Waals surface area contributed by atoms with Gasteiger partial charge in [-0.15, -0.1) is 0 Å². The largest absolute Gasteiger partial charge is 0.299 e. The Morgan fingerprint density at radius 1 is 1.47 bits per heavy atom. The van der Waals surface area contributed by atoms with Gasteiger partial charge in [-0.3, -0.25) is 9.48 Å². The molecule has 0 aliphatic rings. The van der Waals surface area contributed by atoms with E-state index in [0.29, 0.717) is 6.42 Å². The van der Waals surface area contributed by atoms with Crippen LogP contribution in [0.15, 0.2) is 6.07 Å². The second kappa shape index (κ2) is 4.17. The van der Waals surface area contributed by atoms with Crippen LogP contribution in [0.25, 0.3) is 0 Å². The zero-order valence-electron chi connectivity index (χ0n) is 10.3. The summed E-state index contributed by atoms with van der Waals surface area (Å²) in [5, 5.41) is 4.33. The predicted octanol–water partition coefficient (Wildman–Crippen LogP) is 2.14. The third kappa shape index (κ3) is 2.91. The molecule has 0 aromatic carbocycles. The molecule has 0 aliphatic carbocycles. The summed E-state index contributed by atoms with van der Waals surface area (Å²) in [7, 11) is 1.89. The molecule has 1 rings (SSSR count). The third-order valence-electron chi connectivity index (χ3n) is 2.57. The maximum absolute atomic E-state index is 11.8. The first-order chi connectivity index (χ1) is 6.84. The van der Waals surface area contributed by atoms with E-state index in [1.54, 1.807) is 0 Å². The van der Waals surface area contributed by atoms with Crippen molar-refractivity contribution in [2.24, 2.45) is 12.5 Å². The lowest BCUT2D eigenvalue weighted by atomic mass is 9.88. The summed E-state index contributed by atoms with van der Waals surface area (Å²) in [5.41, 5.74) is 1.79. The van der Waals surface area contributed by atoms with Gasteiger partial charge in [0.1, 0.15) is 5.78 Å². The summed E-state index contributed by atoms with van der Waals surface area (Å²) in [5.74, 6) is 0.258.